The third-order valence-corrected chi connectivity index (χ3v) is 4.30. The number of halogens is 1. The van der Waals surface area contributed by atoms with Gasteiger partial charge in [0.15, 0.2) is 5.69 Å². The van der Waals surface area contributed by atoms with Crippen molar-refractivity contribution in [1.82, 2.24) is 14.7 Å². The maximum Gasteiger partial charge on any atom is 0.274 e. The Labute approximate surface area is 148 Å². The molecule has 0 saturated carbocycles. The SMILES string of the molecule is COc1ccc(C)cc1-n1ccc(C(=O)N2CCC(CN)C2)n1.Cl. The minimum absolute atomic E-state index is 0. The first-order chi connectivity index (χ1) is 11.1. The summed E-state index contributed by atoms with van der Waals surface area (Å²) in [5.41, 5.74) is 8.07. The first-order valence-electron chi connectivity index (χ1n) is 7.82. The molecule has 1 atom stereocenters. The number of carbonyl (C=O) groups excluding carboxylic acids is 1. The van der Waals surface area contributed by atoms with E-state index in [2.05, 4.69) is 5.10 Å². The van der Waals surface area contributed by atoms with E-state index in [0.717, 1.165) is 36.5 Å². The molecule has 7 heteroatoms. The van der Waals surface area contributed by atoms with Gasteiger partial charge in [-0.05, 0) is 49.6 Å². The first kappa shape index (κ1) is 18.3. The van der Waals surface area contributed by atoms with Crippen LogP contribution >= 0.6 is 12.4 Å². The summed E-state index contributed by atoms with van der Waals surface area (Å²) < 4.78 is 7.07. The summed E-state index contributed by atoms with van der Waals surface area (Å²) >= 11 is 0. The van der Waals surface area contributed by atoms with Gasteiger partial charge in [0, 0.05) is 19.3 Å². The van der Waals surface area contributed by atoms with Gasteiger partial charge in [-0.3, -0.25) is 4.79 Å². The molecule has 1 fully saturated rings. The number of carbonyl (C=O) groups is 1. The fourth-order valence-electron chi connectivity index (χ4n) is 2.92. The molecule has 130 valence electrons. The largest absolute Gasteiger partial charge is 0.494 e. The molecule has 1 aromatic heterocycles. The molecule has 2 heterocycles. The fraction of sp³-hybridized carbons (Fsp3) is 0.412. The highest BCUT2D eigenvalue weighted by Crippen LogP contribution is 2.24. The number of amides is 1. The minimum atomic E-state index is -0.0358. The number of hydrogen-bond acceptors (Lipinski definition) is 4. The van der Waals surface area contributed by atoms with E-state index >= 15 is 0 Å². The average molecular weight is 351 g/mol. The summed E-state index contributed by atoms with van der Waals surface area (Å²) in [6.45, 7) is 4.10. The first-order valence-corrected chi connectivity index (χ1v) is 7.82. The number of benzene rings is 1. The van der Waals surface area contributed by atoms with Crippen LogP contribution in [0.25, 0.3) is 5.69 Å². The molecule has 1 unspecified atom stereocenters. The van der Waals surface area contributed by atoms with Gasteiger partial charge >= 0.3 is 0 Å². The number of aromatic nitrogens is 2. The van der Waals surface area contributed by atoms with Crippen molar-refractivity contribution < 1.29 is 9.53 Å². The second kappa shape index (κ2) is 7.68. The fourth-order valence-corrected chi connectivity index (χ4v) is 2.92. The molecule has 24 heavy (non-hydrogen) atoms. The molecular weight excluding hydrogens is 328 g/mol. The second-order valence-corrected chi connectivity index (χ2v) is 5.96. The van der Waals surface area contributed by atoms with Crippen molar-refractivity contribution in [3.8, 4) is 11.4 Å². The zero-order chi connectivity index (χ0) is 16.4. The molecule has 1 saturated heterocycles. The van der Waals surface area contributed by atoms with Gasteiger partial charge in [-0.25, -0.2) is 4.68 Å². The Morgan fingerprint density at radius 1 is 1.42 bits per heavy atom. The number of ether oxygens (including phenoxy) is 1. The second-order valence-electron chi connectivity index (χ2n) is 5.96. The Bertz CT molecular complexity index is 716. The third kappa shape index (κ3) is 3.55. The smallest absolute Gasteiger partial charge is 0.274 e. The summed E-state index contributed by atoms with van der Waals surface area (Å²) in [5.74, 6) is 1.09. The summed E-state index contributed by atoms with van der Waals surface area (Å²) in [6, 6.07) is 7.62. The lowest BCUT2D eigenvalue weighted by Crippen LogP contribution is -2.30. The lowest BCUT2D eigenvalue weighted by molar-refractivity contribution is 0.0781. The zero-order valence-electron chi connectivity index (χ0n) is 13.9. The highest BCUT2D eigenvalue weighted by atomic mass is 35.5. The van der Waals surface area contributed by atoms with E-state index in [-0.39, 0.29) is 18.3 Å². The maximum absolute atomic E-state index is 12.6. The van der Waals surface area contributed by atoms with Crippen LogP contribution in [0, 0.1) is 12.8 Å². The van der Waals surface area contributed by atoms with Gasteiger partial charge in [0.1, 0.15) is 11.4 Å². The minimum Gasteiger partial charge on any atom is -0.494 e. The van der Waals surface area contributed by atoms with Crippen LogP contribution in [0.3, 0.4) is 0 Å². The molecule has 1 aliphatic heterocycles. The molecular formula is C17H23ClN4O2. The van der Waals surface area contributed by atoms with Crippen LogP contribution in [-0.4, -0.2) is 47.3 Å². The van der Waals surface area contributed by atoms with E-state index in [0.29, 0.717) is 18.2 Å². The Hall–Kier alpha value is -2.05. The third-order valence-electron chi connectivity index (χ3n) is 4.30. The normalized spacial score (nSPS) is 16.8. The molecule has 6 nitrogen and oxygen atoms in total. The van der Waals surface area contributed by atoms with Gasteiger partial charge in [0.25, 0.3) is 5.91 Å². The molecule has 1 aromatic carbocycles. The number of rotatable bonds is 4. The molecule has 1 aliphatic rings. The predicted molar refractivity (Wildman–Crippen MR) is 95.2 cm³/mol. The molecule has 0 bridgehead atoms. The van der Waals surface area contributed by atoms with Crippen LogP contribution in [0.1, 0.15) is 22.5 Å². The highest BCUT2D eigenvalue weighted by molar-refractivity contribution is 5.92. The Balaban J connectivity index is 0.00000208. The van der Waals surface area contributed by atoms with Crippen LogP contribution in [0.15, 0.2) is 30.5 Å². The molecule has 0 radical (unpaired) electrons. The number of hydrogen-bond donors (Lipinski definition) is 1. The summed E-state index contributed by atoms with van der Waals surface area (Å²) in [6.07, 6.45) is 2.76. The van der Waals surface area contributed by atoms with Gasteiger partial charge in [0.2, 0.25) is 0 Å². The van der Waals surface area contributed by atoms with Gasteiger partial charge in [-0.15, -0.1) is 12.4 Å². The van der Waals surface area contributed by atoms with Crippen molar-refractivity contribution in [2.24, 2.45) is 11.7 Å². The van der Waals surface area contributed by atoms with Gasteiger partial charge in [-0.1, -0.05) is 6.07 Å². The van der Waals surface area contributed by atoms with Crippen molar-refractivity contribution in [2.75, 3.05) is 26.7 Å². The number of nitrogens with zero attached hydrogens (tertiary/aromatic N) is 3. The van der Waals surface area contributed by atoms with Crippen molar-refractivity contribution in [1.29, 1.82) is 0 Å². The van der Waals surface area contributed by atoms with E-state index in [9.17, 15) is 4.79 Å². The molecule has 0 aliphatic carbocycles. The van der Waals surface area contributed by atoms with E-state index in [1.807, 2.05) is 30.0 Å². The molecule has 2 N–H and O–H groups in total. The van der Waals surface area contributed by atoms with Crippen LogP contribution in [0.2, 0.25) is 0 Å². The van der Waals surface area contributed by atoms with Crippen LogP contribution in [-0.2, 0) is 0 Å². The summed E-state index contributed by atoms with van der Waals surface area (Å²) in [7, 11) is 1.63. The van der Waals surface area contributed by atoms with Crippen molar-refractivity contribution >= 4 is 18.3 Å². The van der Waals surface area contributed by atoms with Crippen molar-refractivity contribution in [2.45, 2.75) is 13.3 Å². The summed E-state index contributed by atoms with van der Waals surface area (Å²) in [4.78, 5) is 14.4. The zero-order valence-corrected chi connectivity index (χ0v) is 14.8. The highest BCUT2D eigenvalue weighted by Gasteiger charge is 2.27. The monoisotopic (exact) mass is 350 g/mol. The van der Waals surface area contributed by atoms with Crippen LogP contribution in [0.4, 0.5) is 0 Å². The van der Waals surface area contributed by atoms with E-state index in [1.165, 1.54) is 0 Å². The lowest BCUT2D eigenvalue weighted by Gasteiger charge is -2.14. The number of methoxy groups -OCH3 is 1. The van der Waals surface area contributed by atoms with E-state index in [4.69, 9.17) is 10.5 Å². The van der Waals surface area contributed by atoms with E-state index in [1.54, 1.807) is 24.1 Å². The molecule has 2 aromatic rings. The van der Waals surface area contributed by atoms with Crippen molar-refractivity contribution in [3.05, 3.63) is 41.7 Å². The number of nitrogens with two attached hydrogens (primary N) is 1. The number of likely N-dealkylation sites (tertiary alicyclic amines) is 1. The maximum atomic E-state index is 12.6. The molecule has 3 rings (SSSR count). The molecule has 0 spiro atoms. The van der Waals surface area contributed by atoms with Crippen molar-refractivity contribution in [3.63, 3.8) is 0 Å². The summed E-state index contributed by atoms with van der Waals surface area (Å²) in [5, 5.41) is 4.44. The average Bonchev–Trinajstić information content (AvgIpc) is 3.23. The van der Waals surface area contributed by atoms with E-state index < -0.39 is 0 Å². The van der Waals surface area contributed by atoms with Gasteiger partial charge < -0.3 is 15.4 Å². The van der Waals surface area contributed by atoms with Crippen LogP contribution < -0.4 is 10.5 Å². The Morgan fingerprint density at radius 2 is 2.21 bits per heavy atom. The van der Waals surface area contributed by atoms with Gasteiger partial charge in [-0.2, -0.15) is 5.10 Å². The lowest BCUT2D eigenvalue weighted by atomic mass is 10.1. The number of aryl methyl sites for hydroxylation is 1. The van der Waals surface area contributed by atoms with Crippen LogP contribution in [0.5, 0.6) is 5.75 Å². The standard InChI is InChI=1S/C17H22N4O2.ClH/c1-12-3-4-16(23-2)15(9-12)21-8-6-14(19-21)17(22)20-7-5-13(10-18)11-20;/h3-4,6,8-9,13H,5,7,10-11,18H2,1-2H3;1H. The van der Waals surface area contributed by atoms with Gasteiger partial charge in [0.05, 0.1) is 7.11 Å². The Morgan fingerprint density at radius 3 is 2.88 bits per heavy atom. The predicted octanol–water partition coefficient (Wildman–Crippen LogP) is 2.03. The molecule has 1 amide bonds. The Kier molecular flexibility index (Phi) is 5.85. The quantitative estimate of drug-likeness (QED) is 0.915. The topological polar surface area (TPSA) is 73.4 Å².